The lowest BCUT2D eigenvalue weighted by molar-refractivity contribution is 0.395. The molecular formula is C11H21N3S3. The molecule has 0 amide bonds. The number of nitrogens with zero attached hydrogens (tertiary/aromatic N) is 2. The fourth-order valence-electron chi connectivity index (χ4n) is 1.09. The van der Waals surface area contributed by atoms with Gasteiger partial charge in [0.2, 0.25) is 0 Å². The Kier molecular flexibility index (Phi) is 6.26. The monoisotopic (exact) mass is 291 g/mol. The smallest absolute Gasteiger partial charge is 0.175 e. The normalized spacial score (nSPS) is 13.9. The lowest BCUT2D eigenvalue weighted by Gasteiger charge is -2.23. The molecule has 0 fully saturated rings. The number of hydrogen-bond acceptors (Lipinski definition) is 6. The van der Waals surface area contributed by atoms with Gasteiger partial charge in [0, 0.05) is 11.3 Å². The van der Waals surface area contributed by atoms with Crippen molar-refractivity contribution in [2.75, 3.05) is 18.6 Å². The van der Waals surface area contributed by atoms with Gasteiger partial charge in [0.25, 0.3) is 0 Å². The van der Waals surface area contributed by atoms with E-state index >= 15 is 0 Å². The van der Waals surface area contributed by atoms with Crippen LogP contribution in [0.4, 0.5) is 0 Å². The van der Waals surface area contributed by atoms with E-state index in [1.54, 1.807) is 34.9 Å². The summed E-state index contributed by atoms with van der Waals surface area (Å²) in [6, 6.07) is 0. The van der Waals surface area contributed by atoms with Gasteiger partial charge in [-0.15, -0.1) is 10.2 Å². The standard InChI is InChI=1S/C11H21N3S3/c1-8(6-12-11(2,3)4)7-16-10-14-13-9(15-5)17-10/h8,12H,6-7H2,1-5H3. The summed E-state index contributed by atoms with van der Waals surface area (Å²) < 4.78 is 2.13. The molecule has 1 rings (SSSR count). The predicted octanol–water partition coefficient (Wildman–Crippen LogP) is 3.38. The first-order valence-electron chi connectivity index (χ1n) is 5.66. The summed E-state index contributed by atoms with van der Waals surface area (Å²) in [5, 5.41) is 11.8. The molecule has 17 heavy (non-hydrogen) atoms. The summed E-state index contributed by atoms with van der Waals surface area (Å²) in [4.78, 5) is 0. The maximum atomic E-state index is 4.16. The lowest BCUT2D eigenvalue weighted by Crippen LogP contribution is -2.39. The average molecular weight is 292 g/mol. The molecule has 0 saturated heterocycles. The van der Waals surface area contributed by atoms with Crippen molar-refractivity contribution >= 4 is 34.9 Å². The minimum Gasteiger partial charge on any atom is -0.312 e. The predicted molar refractivity (Wildman–Crippen MR) is 79.3 cm³/mol. The van der Waals surface area contributed by atoms with Gasteiger partial charge in [-0.2, -0.15) is 0 Å². The largest absolute Gasteiger partial charge is 0.312 e. The third-order valence-electron chi connectivity index (χ3n) is 2.03. The Bertz CT molecular complexity index is 333. The summed E-state index contributed by atoms with van der Waals surface area (Å²) in [5.41, 5.74) is 0.202. The van der Waals surface area contributed by atoms with E-state index in [2.05, 4.69) is 43.2 Å². The van der Waals surface area contributed by atoms with Gasteiger partial charge in [-0.05, 0) is 39.5 Å². The SMILES string of the molecule is CSc1nnc(SCC(C)CNC(C)(C)C)s1. The van der Waals surface area contributed by atoms with Crippen molar-refractivity contribution in [1.29, 1.82) is 0 Å². The molecule has 6 heteroatoms. The summed E-state index contributed by atoms with van der Waals surface area (Å²) in [7, 11) is 0. The highest BCUT2D eigenvalue weighted by atomic mass is 32.2. The van der Waals surface area contributed by atoms with Crippen LogP contribution in [0.15, 0.2) is 8.68 Å². The molecule has 1 aromatic rings. The molecule has 1 unspecified atom stereocenters. The lowest BCUT2D eigenvalue weighted by atomic mass is 10.1. The zero-order valence-corrected chi connectivity index (χ0v) is 13.6. The summed E-state index contributed by atoms with van der Waals surface area (Å²) in [6.07, 6.45) is 2.03. The van der Waals surface area contributed by atoms with Crippen molar-refractivity contribution < 1.29 is 0 Å². The van der Waals surface area contributed by atoms with Crippen LogP contribution in [-0.2, 0) is 0 Å². The number of rotatable bonds is 6. The van der Waals surface area contributed by atoms with E-state index < -0.39 is 0 Å². The van der Waals surface area contributed by atoms with Crippen molar-refractivity contribution in [3.63, 3.8) is 0 Å². The Morgan fingerprint density at radius 3 is 2.47 bits per heavy atom. The number of thioether (sulfide) groups is 2. The van der Waals surface area contributed by atoms with Crippen LogP contribution < -0.4 is 5.32 Å². The second-order valence-electron chi connectivity index (χ2n) is 5.09. The van der Waals surface area contributed by atoms with E-state index in [1.807, 2.05) is 6.26 Å². The molecule has 0 aliphatic carbocycles. The fraction of sp³-hybridized carbons (Fsp3) is 0.818. The van der Waals surface area contributed by atoms with Crippen molar-refractivity contribution in [2.24, 2.45) is 5.92 Å². The summed E-state index contributed by atoms with van der Waals surface area (Å²) in [6.45, 7) is 9.90. The maximum absolute atomic E-state index is 4.16. The molecule has 98 valence electrons. The van der Waals surface area contributed by atoms with E-state index in [-0.39, 0.29) is 5.54 Å². The number of hydrogen-bond donors (Lipinski definition) is 1. The van der Waals surface area contributed by atoms with Gasteiger partial charge in [0.05, 0.1) is 0 Å². The van der Waals surface area contributed by atoms with Gasteiger partial charge >= 0.3 is 0 Å². The average Bonchev–Trinajstić information content (AvgIpc) is 2.70. The van der Waals surface area contributed by atoms with Gasteiger partial charge < -0.3 is 5.32 Å². The maximum Gasteiger partial charge on any atom is 0.175 e. The van der Waals surface area contributed by atoms with Gasteiger partial charge in [-0.25, -0.2) is 0 Å². The zero-order chi connectivity index (χ0) is 12.9. The molecule has 1 heterocycles. The van der Waals surface area contributed by atoms with Crippen LogP contribution in [0.5, 0.6) is 0 Å². The molecule has 0 bridgehead atoms. The number of aromatic nitrogens is 2. The first-order valence-corrected chi connectivity index (χ1v) is 8.68. The highest BCUT2D eigenvalue weighted by Gasteiger charge is 2.12. The minimum atomic E-state index is 0.202. The quantitative estimate of drug-likeness (QED) is 0.813. The highest BCUT2D eigenvalue weighted by Crippen LogP contribution is 2.28. The zero-order valence-electron chi connectivity index (χ0n) is 11.1. The molecule has 3 nitrogen and oxygen atoms in total. The van der Waals surface area contributed by atoms with Crippen molar-refractivity contribution in [3.8, 4) is 0 Å². The van der Waals surface area contributed by atoms with Gasteiger partial charge in [0.15, 0.2) is 8.68 Å². The molecule has 1 atom stereocenters. The molecule has 0 spiro atoms. The third kappa shape index (κ3) is 6.64. The Hall–Kier alpha value is 0.220. The van der Waals surface area contributed by atoms with Crippen LogP contribution >= 0.6 is 34.9 Å². The van der Waals surface area contributed by atoms with E-state index in [0.717, 1.165) is 21.0 Å². The van der Waals surface area contributed by atoms with E-state index in [0.29, 0.717) is 5.92 Å². The first kappa shape index (κ1) is 15.3. The second kappa shape index (κ2) is 6.97. The summed E-state index contributed by atoms with van der Waals surface area (Å²) in [5.74, 6) is 1.73. The van der Waals surface area contributed by atoms with Crippen molar-refractivity contribution in [1.82, 2.24) is 15.5 Å². The molecule has 1 aromatic heterocycles. The summed E-state index contributed by atoms with van der Waals surface area (Å²) >= 11 is 5.15. The molecule has 0 aliphatic rings. The van der Waals surface area contributed by atoms with Gasteiger partial charge in [0.1, 0.15) is 0 Å². The molecule has 0 radical (unpaired) electrons. The molecule has 1 N–H and O–H groups in total. The van der Waals surface area contributed by atoms with Crippen LogP contribution in [0.25, 0.3) is 0 Å². The van der Waals surface area contributed by atoms with Crippen LogP contribution in [0.3, 0.4) is 0 Å². The van der Waals surface area contributed by atoms with Crippen LogP contribution in [-0.4, -0.2) is 34.3 Å². The van der Waals surface area contributed by atoms with Gasteiger partial charge in [-0.3, -0.25) is 0 Å². The van der Waals surface area contributed by atoms with E-state index in [1.165, 1.54) is 0 Å². The Morgan fingerprint density at radius 2 is 1.94 bits per heavy atom. The Balaban J connectivity index is 2.25. The van der Waals surface area contributed by atoms with E-state index in [9.17, 15) is 0 Å². The van der Waals surface area contributed by atoms with Gasteiger partial charge in [-0.1, -0.05) is 41.8 Å². The van der Waals surface area contributed by atoms with Crippen molar-refractivity contribution in [2.45, 2.75) is 41.9 Å². The molecular weight excluding hydrogens is 270 g/mol. The molecule has 0 aromatic carbocycles. The fourth-order valence-corrected chi connectivity index (χ4v) is 3.57. The minimum absolute atomic E-state index is 0.202. The molecule has 0 saturated carbocycles. The highest BCUT2D eigenvalue weighted by molar-refractivity contribution is 8.02. The van der Waals surface area contributed by atoms with Crippen LogP contribution in [0, 0.1) is 5.92 Å². The Morgan fingerprint density at radius 1 is 1.29 bits per heavy atom. The second-order valence-corrected chi connectivity index (χ2v) is 8.38. The van der Waals surface area contributed by atoms with E-state index in [4.69, 9.17) is 0 Å². The first-order chi connectivity index (χ1) is 7.90. The van der Waals surface area contributed by atoms with Crippen LogP contribution in [0.1, 0.15) is 27.7 Å². The molecule has 0 aliphatic heterocycles. The number of nitrogens with one attached hydrogen (secondary N) is 1. The van der Waals surface area contributed by atoms with Crippen LogP contribution in [0.2, 0.25) is 0 Å². The van der Waals surface area contributed by atoms with Crippen molar-refractivity contribution in [3.05, 3.63) is 0 Å². The third-order valence-corrected chi connectivity index (χ3v) is 5.40. The topological polar surface area (TPSA) is 37.8 Å². The Labute approximate surface area is 117 Å².